The Bertz CT molecular complexity index is 318. The zero-order valence-electron chi connectivity index (χ0n) is 7.05. The van der Waals surface area contributed by atoms with Gasteiger partial charge in [-0.3, -0.25) is 9.79 Å². The van der Waals surface area contributed by atoms with Gasteiger partial charge in [-0.05, 0) is 0 Å². The van der Waals surface area contributed by atoms with Gasteiger partial charge in [-0.15, -0.1) is 0 Å². The summed E-state index contributed by atoms with van der Waals surface area (Å²) in [5.41, 5.74) is 6.05. The Labute approximate surface area is 75.6 Å². The molecule has 0 aliphatic carbocycles. The van der Waals surface area contributed by atoms with E-state index >= 15 is 0 Å². The SMILES string of the molecule is NC(=O)CN1C=NC2N=CCC=C21. The van der Waals surface area contributed by atoms with Crippen LogP contribution in [0.25, 0.3) is 0 Å². The van der Waals surface area contributed by atoms with Gasteiger partial charge in [0.05, 0.1) is 12.0 Å². The maximum Gasteiger partial charge on any atom is 0.237 e. The van der Waals surface area contributed by atoms with Crippen LogP contribution in [0.5, 0.6) is 0 Å². The molecule has 0 aromatic carbocycles. The van der Waals surface area contributed by atoms with E-state index in [4.69, 9.17) is 5.73 Å². The minimum Gasteiger partial charge on any atom is -0.368 e. The molecule has 0 saturated carbocycles. The number of carbonyl (C=O) groups excluding carboxylic acids is 1. The quantitative estimate of drug-likeness (QED) is 0.619. The van der Waals surface area contributed by atoms with Gasteiger partial charge in [-0.2, -0.15) is 0 Å². The van der Waals surface area contributed by atoms with Gasteiger partial charge in [-0.25, -0.2) is 4.99 Å². The highest BCUT2D eigenvalue weighted by molar-refractivity contribution is 5.80. The molecule has 0 fully saturated rings. The fourth-order valence-electron chi connectivity index (χ4n) is 1.41. The molecule has 68 valence electrons. The standard InChI is InChI=1S/C8H10N4O/c9-7(13)4-12-5-11-8-6(12)2-1-3-10-8/h2-3,5,8H,1,4H2,(H2,9,13). The Morgan fingerprint density at radius 2 is 2.54 bits per heavy atom. The van der Waals surface area contributed by atoms with E-state index in [-0.39, 0.29) is 18.6 Å². The largest absolute Gasteiger partial charge is 0.368 e. The van der Waals surface area contributed by atoms with Gasteiger partial charge >= 0.3 is 0 Å². The van der Waals surface area contributed by atoms with Gasteiger partial charge in [-0.1, -0.05) is 6.08 Å². The summed E-state index contributed by atoms with van der Waals surface area (Å²) >= 11 is 0. The molecule has 5 heteroatoms. The topological polar surface area (TPSA) is 71.1 Å². The zero-order chi connectivity index (χ0) is 9.26. The highest BCUT2D eigenvalue weighted by Crippen LogP contribution is 2.21. The predicted molar refractivity (Wildman–Crippen MR) is 49.4 cm³/mol. The molecule has 1 amide bonds. The second-order valence-electron chi connectivity index (χ2n) is 2.93. The van der Waals surface area contributed by atoms with E-state index in [1.807, 2.05) is 12.3 Å². The fourth-order valence-corrected chi connectivity index (χ4v) is 1.41. The van der Waals surface area contributed by atoms with Crippen molar-refractivity contribution < 1.29 is 4.79 Å². The molecular formula is C8H10N4O. The van der Waals surface area contributed by atoms with Crippen LogP contribution in [0.1, 0.15) is 6.42 Å². The highest BCUT2D eigenvalue weighted by atomic mass is 16.1. The summed E-state index contributed by atoms with van der Waals surface area (Å²) in [4.78, 5) is 20.7. The third kappa shape index (κ3) is 1.44. The Morgan fingerprint density at radius 1 is 1.69 bits per heavy atom. The van der Waals surface area contributed by atoms with Crippen molar-refractivity contribution in [2.75, 3.05) is 6.54 Å². The van der Waals surface area contributed by atoms with Crippen LogP contribution in [0.2, 0.25) is 0 Å². The molecule has 5 nitrogen and oxygen atoms in total. The summed E-state index contributed by atoms with van der Waals surface area (Å²) in [6.45, 7) is 0.182. The number of allylic oxidation sites excluding steroid dienone is 1. The first-order valence-electron chi connectivity index (χ1n) is 4.07. The first-order valence-corrected chi connectivity index (χ1v) is 4.07. The molecule has 1 unspecified atom stereocenters. The lowest BCUT2D eigenvalue weighted by atomic mass is 10.2. The lowest BCUT2D eigenvalue weighted by Crippen LogP contribution is -2.32. The maximum atomic E-state index is 10.7. The van der Waals surface area contributed by atoms with E-state index in [1.54, 1.807) is 11.2 Å². The number of rotatable bonds is 2. The molecule has 2 heterocycles. The van der Waals surface area contributed by atoms with Gasteiger partial charge in [0, 0.05) is 12.6 Å². The minimum absolute atomic E-state index is 0.145. The van der Waals surface area contributed by atoms with Crippen LogP contribution in [0.4, 0.5) is 0 Å². The molecule has 2 N–H and O–H groups in total. The fraction of sp³-hybridized carbons (Fsp3) is 0.375. The molecule has 2 aliphatic rings. The third-order valence-electron chi connectivity index (χ3n) is 1.95. The number of carbonyl (C=O) groups is 1. The monoisotopic (exact) mass is 178 g/mol. The van der Waals surface area contributed by atoms with E-state index in [0.29, 0.717) is 0 Å². The first-order chi connectivity index (χ1) is 6.27. The van der Waals surface area contributed by atoms with Gasteiger partial charge in [0.1, 0.15) is 6.54 Å². The van der Waals surface area contributed by atoms with Crippen molar-refractivity contribution in [2.24, 2.45) is 15.7 Å². The van der Waals surface area contributed by atoms with Crippen molar-refractivity contribution in [3.63, 3.8) is 0 Å². The van der Waals surface area contributed by atoms with Gasteiger partial charge in [0.25, 0.3) is 0 Å². The molecular weight excluding hydrogens is 168 g/mol. The van der Waals surface area contributed by atoms with Gasteiger partial charge in [0.15, 0.2) is 6.17 Å². The lowest BCUT2D eigenvalue weighted by Gasteiger charge is -2.18. The number of hydrogen-bond acceptors (Lipinski definition) is 4. The van der Waals surface area contributed by atoms with Crippen molar-refractivity contribution in [1.82, 2.24) is 4.90 Å². The predicted octanol–water partition coefficient (Wildman–Crippen LogP) is -0.500. The van der Waals surface area contributed by atoms with E-state index in [0.717, 1.165) is 12.1 Å². The van der Waals surface area contributed by atoms with Crippen LogP contribution in [-0.2, 0) is 4.79 Å². The molecule has 0 spiro atoms. The highest BCUT2D eigenvalue weighted by Gasteiger charge is 2.24. The van der Waals surface area contributed by atoms with E-state index < -0.39 is 0 Å². The molecule has 0 bridgehead atoms. The van der Waals surface area contributed by atoms with Crippen LogP contribution in [0.15, 0.2) is 21.8 Å². The zero-order valence-corrected chi connectivity index (χ0v) is 7.05. The van der Waals surface area contributed by atoms with Crippen LogP contribution >= 0.6 is 0 Å². The number of hydrogen-bond donors (Lipinski definition) is 1. The average molecular weight is 178 g/mol. The average Bonchev–Trinajstić information content (AvgIpc) is 2.48. The maximum absolute atomic E-state index is 10.7. The number of dihydropyridines is 1. The van der Waals surface area contributed by atoms with Crippen LogP contribution < -0.4 is 5.73 Å². The number of nitrogens with zero attached hydrogens (tertiary/aromatic N) is 3. The van der Waals surface area contributed by atoms with Crippen molar-refractivity contribution in [3.05, 3.63) is 11.8 Å². The van der Waals surface area contributed by atoms with E-state index in [9.17, 15) is 4.79 Å². The molecule has 0 saturated heterocycles. The summed E-state index contributed by atoms with van der Waals surface area (Å²) in [7, 11) is 0. The number of aliphatic imine (C=N–C) groups is 2. The van der Waals surface area contributed by atoms with Crippen molar-refractivity contribution in [3.8, 4) is 0 Å². The van der Waals surface area contributed by atoms with Crippen LogP contribution in [0.3, 0.4) is 0 Å². The van der Waals surface area contributed by atoms with E-state index in [2.05, 4.69) is 9.98 Å². The molecule has 1 atom stereocenters. The summed E-state index contributed by atoms with van der Waals surface area (Å²) in [5.74, 6) is -0.359. The molecule has 13 heavy (non-hydrogen) atoms. The second kappa shape index (κ2) is 3.01. The summed E-state index contributed by atoms with van der Waals surface area (Å²) in [5, 5.41) is 0. The van der Waals surface area contributed by atoms with Crippen molar-refractivity contribution in [2.45, 2.75) is 12.6 Å². The molecule has 2 aliphatic heterocycles. The van der Waals surface area contributed by atoms with Crippen molar-refractivity contribution >= 4 is 18.5 Å². The first kappa shape index (κ1) is 7.97. The summed E-state index contributed by atoms with van der Waals surface area (Å²) in [6, 6.07) is 0. The Kier molecular flexibility index (Phi) is 1.84. The molecule has 0 aromatic rings. The third-order valence-corrected chi connectivity index (χ3v) is 1.95. The lowest BCUT2D eigenvalue weighted by molar-refractivity contribution is -0.118. The Balaban J connectivity index is 2.12. The molecule has 0 radical (unpaired) electrons. The molecule has 2 rings (SSSR count). The number of amides is 1. The minimum atomic E-state index is -0.359. The van der Waals surface area contributed by atoms with Crippen LogP contribution in [0, 0.1) is 0 Å². The Morgan fingerprint density at radius 3 is 3.31 bits per heavy atom. The normalized spacial score (nSPS) is 24.5. The van der Waals surface area contributed by atoms with Gasteiger partial charge < -0.3 is 10.6 Å². The number of fused-ring (bicyclic) bond motifs is 1. The van der Waals surface area contributed by atoms with Gasteiger partial charge in [0.2, 0.25) is 5.91 Å². The number of nitrogens with two attached hydrogens (primary N) is 1. The van der Waals surface area contributed by atoms with E-state index in [1.165, 1.54) is 0 Å². The smallest absolute Gasteiger partial charge is 0.237 e. The second-order valence-corrected chi connectivity index (χ2v) is 2.93. The molecule has 0 aromatic heterocycles. The summed E-state index contributed by atoms with van der Waals surface area (Å²) < 4.78 is 0. The summed E-state index contributed by atoms with van der Waals surface area (Å²) in [6.07, 6.45) is 6.09. The van der Waals surface area contributed by atoms with Crippen LogP contribution in [-0.4, -0.2) is 36.1 Å². The van der Waals surface area contributed by atoms with Crippen molar-refractivity contribution in [1.29, 1.82) is 0 Å². The number of primary amides is 1. The Hall–Kier alpha value is -1.65.